The van der Waals surface area contributed by atoms with E-state index in [0.717, 1.165) is 17.8 Å². The predicted molar refractivity (Wildman–Crippen MR) is 43.8 cm³/mol. The second-order valence-corrected chi connectivity index (χ2v) is 4.92. The maximum absolute atomic E-state index is 2.46. The Balaban J connectivity index is 2.16. The van der Waals surface area contributed by atoms with E-state index in [1.807, 2.05) is 0 Å². The van der Waals surface area contributed by atoms with Crippen molar-refractivity contribution < 1.29 is 0 Å². The van der Waals surface area contributed by atoms with E-state index in [9.17, 15) is 0 Å². The van der Waals surface area contributed by atoms with E-state index in [1.165, 1.54) is 19.3 Å². The molecule has 58 valence electrons. The normalized spacial score (nSPS) is 50.1. The van der Waals surface area contributed by atoms with Gasteiger partial charge in [-0.25, -0.2) is 0 Å². The van der Waals surface area contributed by atoms with Crippen molar-refractivity contribution in [3.63, 3.8) is 0 Å². The summed E-state index contributed by atoms with van der Waals surface area (Å²) in [6.07, 6.45) is 4.54. The van der Waals surface area contributed by atoms with Crippen molar-refractivity contribution >= 4 is 0 Å². The molecule has 0 aromatic heterocycles. The molecule has 3 rings (SSSR count). The van der Waals surface area contributed by atoms with Crippen LogP contribution in [-0.2, 0) is 0 Å². The molecule has 0 radical (unpaired) electrons. The minimum atomic E-state index is 0.706. The summed E-state index contributed by atoms with van der Waals surface area (Å²) in [7, 11) is 0. The van der Waals surface area contributed by atoms with Gasteiger partial charge in [-0.1, -0.05) is 27.2 Å². The molecular formula is C10H18. The summed E-state index contributed by atoms with van der Waals surface area (Å²) >= 11 is 0. The quantitative estimate of drug-likeness (QED) is 0.482. The lowest BCUT2D eigenvalue weighted by atomic mass is 9.46. The van der Waals surface area contributed by atoms with Gasteiger partial charge in [-0.2, -0.15) is 0 Å². The summed E-state index contributed by atoms with van der Waals surface area (Å²) in [5.41, 5.74) is 0.706. The summed E-state index contributed by atoms with van der Waals surface area (Å²) < 4.78 is 0. The van der Waals surface area contributed by atoms with Crippen LogP contribution in [0.1, 0.15) is 40.0 Å². The van der Waals surface area contributed by atoms with Crippen LogP contribution >= 0.6 is 0 Å². The van der Waals surface area contributed by atoms with Gasteiger partial charge in [-0.15, -0.1) is 0 Å². The Morgan fingerprint density at radius 2 is 1.90 bits per heavy atom. The standard InChI is InChI=1S/C10H18/c1-7-4-5-8-6-9(7)10(8,2)3/h7-9H,4-6H2,1-3H3/t7-,8?,9+/m0/s1. The van der Waals surface area contributed by atoms with Crippen LogP contribution in [0.15, 0.2) is 0 Å². The third-order valence-corrected chi connectivity index (χ3v) is 4.20. The van der Waals surface area contributed by atoms with E-state index in [0.29, 0.717) is 5.41 Å². The van der Waals surface area contributed by atoms with Crippen LogP contribution in [0.5, 0.6) is 0 Å². The molecule has 0 saturated heterocycles. The van der Waals surface area contributed by atoms with E-state index in [1.54, 1.807) is 0 Å². The monoisotopic (exact) mass is 138 g/mol. The zero-order chi connectivity index (χ0) is 7.35. The van der Waals surface area contributed by atoms with Crippen molar-refractivity contribution in [3.05, 3.63) is 0 Å². The summed E-state index contributed by atoms with van der Waals surface area (Å²) in [6, 6.07) is 0. The van der Waals surface area contributed by atoms with E-state index in [-0.39, 0.29) is 0 Å². The van der Waals surface area contributed by atoms with E-state index >= 15 is 0 Å². The summed E-state index contributed by atoms with van der Waals surface area (Å²) in [4.78, 5) is 0. The zero-order valence-corrected chi connectivity index (χ0v) is 7.35. The smallest absolute Gasteiger partial charge is 0.0295 e. The topological polar surface area (TPSA) is 0 Å². The molecule has 3 atom stereocenters. The minimum Gasteiger partial charge on any atom is -0.0622 e. The van der Waals surface area contributed by atoms with Gasteiger partial charge < -0.3 is 0 Å². The number of hydrogen-bond acceptors (Lipinski definition) is 0. The fourth-order valence-electron chi connectivity index (χ4n) is 3.18. The van der Waals surface area contributed by atoms with Crippen molar-refractivity contribution in [2.75, 3.05) is 0 Å². The van der Waals surface area contributed by atoms with Crippen LogP contribution in [0.25, 0.3) is 0 Å². The lowest BCUT2D eigenvalue weighted by Crippen LogP contribution is -2.51. The fraction of sp³-hybridized carbons (Fsp3) is 1.00. The molecule has 3 aliphatic carbocycles. The van der Waals surface area contributed by atoms with Crippen LogP contribution in [0, 0.1) is 23.2 Å². The summed E-state index contributed by atoms with van der Waals surface area (Å²) in [5.74, 6) is 3.15. The van der Waals surface area contributed by atoms with Crippen LogP contribution < -0.4 is 0 Å². The van der Waals surface area contributed by atoms with Gasteiger partial charge in [0.25, 0.3) is 0 Å². The molecule has 10 heavy (non-hydrogen) atoms. The van der Waals surface area contributed by atoms with Crippen LogP contribution in [0.2, 0.25) is 0 Å². The van der Waals surface area contributed by atoms with Gasteiger partial charge >= 0.3 is 0 Å². The number of hydrogen-bond donors (Lipinski definition) is 0. The van der Waals surface area contributed by atoms with Crippen molar-refractivity contribution in [1.29, 1.82) is 0 Å². The molecule has 1 unspecified atom stereocenters. The second kappa shape index (κ2) is 1.78. The molecule has 0 aromatic rings. The van der Waals surface area contributed by atoms with E-state index in [4.69, 9.17) is 0 Å². The van der Waals surface area contributed by atoms with Gasteiger partial charge in [0, 0.05) is 0 Å². The first-order valence-corrected chi connectivity index (χ1v) is 4.62. The van der Waals surface area contributed by atoms with Crippen molar-refractivity contribution in [2.45, 2.75) is 40.0 Å². The molecule has 3 saturated carbocycles. The average molecular weight is 138 g/mol. The van der Waals surface area contributed by atoms with Gasteiger partial charge in [0.1, 0.15) is 0 Å². The van der Waals surface area contributed by atoms with Gasteiger partial charge in [-0.3, -0.25) is 0 Å². The Bertz CT molecular complexity index is 144. The Hall–Kier alpha value is 0. The number of fused-ring (bicyclic) bond motifs is 2. The first-order valence-electron chi connectivity index (χ1n) is 4.62. The first kappa shape index (κ1) is 6.69. The minimum absolute atomic E-state index is 0.706. The molecule has 0 amide bonds. The van der Waals surface area contributed by atoms with E-state index in [2.05, 4.69) is 20.8 Å². The highest BCUT2D eigenvalue weighted by Gasteiger charge is 2.52. The molecule has 3 aliphatic rings. The van der Waals surface area contributed by atoms with Gasteiger partial charge in [0.15, 0.2) is 0 Å². The molecular weight excluding hydrogens is 120 g/mol. The highest BCUT2D eigenvalue weighted by atomic mass is 14.6. The highest BCUT2D eigenvalue weighted by Crippen LogP contribution is 2.61. The predicted octanol–water partition coefficient (Wildman–Crippen LogP) is 3.08. The third kappa shape index (κ3) is 0.627. The van der Waals surface area contributed by atoms with E-state index < -0.39 is 0 Å². The highest BCUT2D eigenvalue weighted by molar-refractivity contribution is 5.01. The average Bonchev–Trinajstić information content (AvgIpc) is 1.87. The summed E-state index contributed by atoms with van der Waals surface area (Å²) in [5, 5.41) is 0. The van der Waals surface area contributed by atoms with Crippen molar-refractivity contribution in [2.24, 2.45) is 23.2 Å². The van der Waals surface area contributed by atoms with Crippen LogP contribution in [0.3, 0.4) is 0 Å². The third-order valence-electron chi connectivity index (χ3n) is 4.20. The largest absolute Gasteiger partial charge is 0.0622 e. The van der Waals surface area contributed by atoms with Crippen LogP contribution in [0.4, 0.5) is 0 Å². The Kier molecular flexibility index (Phi) is 1.19. The maximum Gasteiger partial charge on any atom is -0.0295 e. The second-order valence-electron chi connectivity index (χ2n) is 4.92. The Morgan fingerprint density at radius 1 is 1.20 bits per heavy atom. The van der Waals surface area contributed by atoms with Crippen molar-refractivity contribution in [1.82, 2.24) is 0 Å². The lowest BCUT2D eigenvalue weighted by Gasteiger charge is -2.59. The molecule has 0 aromatic carbocycles. The Labute approximate surface area is 64.0 Å². The SMILES string of the molecule is C[C@H]1CCC2C[C@H]1C2(C)C. The zero-order valence-electron chi connectivity index (χ0n) is 7.35. The van der Waals surface area contributed by atoms with Gasteiger partial charge in [0.05, 0.1) is 0 Å². The van der Waals surface area contributed by atoms with Gasteiger partial charge in [0.2, 0.25) is 0 Å². The molecule has 0 N–H and O–H groups in total. The molecule has 0 spiro atoms. The van der Waals surface area contributed by atoms with Crippen LogP contribution in [-0.4, -0.2) is 0 Å². The Morgan fingerprint density at radius 3 is 2.20 bits per heavy atom. The summed E-state index contributed by atoms with van der Waals surface area (Å²) in [6.45, 7) is 7.35. The lowest BCUT2D eigenvalue weighted by molar-refractivity contribution is -0.0988. The number of rotatable bonds is 0. The molecule has 3 fully saturated rings. The van der Waals surface area contributed by atoms with Crippen molar-refractivity contribution in [3.8, 4) is 0 Å². The maximum atomic E-state index is 2.46. The molecule has 2 bridgehead atoms. The molecule has 0 heterocycles. The fourth-order valence-corrected chi connectivity index (χ4v) is 3.18. The first-order chi connectivity index (χ1) is 4.62. The molecule has 0 nitrogen and oxygen atoms in total. The molecule has 0 aliphatic heterocycles. The molecule has 0 heteroatoms. The van der Waals surface area contributed by atoms with Gasteiger partial charge in [-0.05, 0) is 36.0 Å².